The van der Waals surface area contributed by atoms with Crippen molar-refractivity contribution in [3.05, 3.63) is 30.0 Å². The van der Waals surface area contributed by atoms with E-state index in [1.165, 1.54) is 0 Å². The van der Waals surface area contributed by atoms with Crippen molar-refractivity contribution in [1.29, 1.82) is 0 Å². The first-order chi connectivity index (χ1) is 9.08. The smallest absolute Gasteiger partial charge is 0.226 e. The second-order valence-corrected chi connectivity index (χ2v) is 4.70. The van der Waals surface area contributed by atoms with E-state index in [1.807, 2.05) is 18.2 Å². The number of nitrogens with zero attached hydrogens (tertiary/aromatic N) is 1. The summed E-state index contributed by atoms with van der Waals surface area (Å²) in [7, 11) is 0. The summed E-state index contributed by atoms with van der Waals surface area (Å²) in [6, 6.07) is 7.36. The first-order valence-corrected chi connectivity index (χ1v) is 6.20. The highest BCUT2D eigenvalue weighted by Crippen LogP contribution is 2.17. The van der Waals surface area contributed by atoms with Crippen LogP contribution in [-0.2, 0) is 16.0 Å². The van der Waals surface area contributed by atoms with Gasteiger partial charge in [0.2, 0.25) is 5.91 Å². The third-order valence-electron chi connectivity index (χ3n) is 2.88. The molecule has 0 radical (unpaired) electrons. The lowest BCUT2D eigenvalue weighted by Gasteiger charge is -2.05. The Morgan fingerprint density at radius 2 is 2.05 bits per heavy atom. The van der Waals surface area contributed by atoms with E-state index in [0.29, 0.717) is 11.3 Å². The fourth-order valence-corrected chi connectivity index (χ4v) is 1.67. The summed E-state index contributed by atoms with van der Waals surface area (Å²) in [5.41, 5.74) is 1.24. The van der Waals surface area contributed by atoms with Crippen molar-refractivity contribution in [2.24, 2.45) is 5.92 Å². The van der Waals surface area contributed by atoms with Crippen molar-refractivity contribution in [2.45, 2.75) is 20.3 Å². The zero-order valence-electron chi connectivity index (χ0n) is 11.0. The Labute approximate surface area is 111 Å². The molecule has 19 heavy (non-hydrogen) atoms. The number of fused-ring (bicyclic) bond motifs is 1. The monoisotopic (exact) mass is 260 g/mol. The van der Waals surface area contributed by atoms with Crippen LogP contribution >= 0.6 is 0 Å². The maximum absolute atomic E-state index is 11.7. The van der Waals surface area contributed by atoms with Crippen LogP contribution in [-0.4, -0.2) is 23.4 Å². The molecular weight excluding hydrogens is 244 g/mol. The van der Waals surface area contributed by atoms with Gasteiger partial charge in [-0.1, -0.05) is 31.1 Å². The van der Waals surface area contributed by atoms with E-state index in [9.17, 15) is 9.59 Å². The number of Topliss-reactive ketones (excluding diaryl/α,β-unsaturated/α-hetero) is 1. The summed E-state index contributed by atoms with van der Waals surface area (Å²) < 4.78 is 5.12. The number of benzene rings is 1. The average Bonchev–Trinajstić information content (AvgIpc) is 2.79. The molecule has 5 nitrogen and oxygen atoms in total. The van der Waals surface area contributed by atoms with E-state index < -0.39 is 0 Å². The average molecular weight is 260 g/mol. The molecule has 0 aliphatic heterocycles. The predicted molar refractivity (Wildman–Crippen MR) is 70.6 cm³/mol. The number of hydrogen-bond donors (Lipinski definition) is 1. The minimum Gasteiger partial charge on any atom is -0.356 e. The summed E-state index contributed by atoms with van der Waals surface area (Å²) in [6.07, 6.45) is 0.113. The van der Waals surface area contributed by atoms with E-state index in [-0.39, 0.29) is 30.6 Å². The van der Waals surface area contributed by atoms with Crippen LogP contribution in [0.15, 0.2) is 28.8 Å². The Balaban J connectivity index is 1.97. The normalized spacial score (nSPS) is 10.9. The molecule has 0 aliphatic carbocycles. The van der Waals surface area contributed by atoms with Crippen molar-refractivity contribution in [3.63, 3.8) is 0 Å². The van der Waals surface area contributed by atoms with Gasteiger partial charge in [0.25, 0.3) is 0 Å². The van der Waals surface area contributed by atoms with Crippen LogP contribution < -0.4 is 5.32 Å². The Morgan fingerprint density at radius 3 is 2.79 bits per heavy atom. The summed E-state index contributed by atoms with van der Waals surface area (Å²) >= 11 is 0. The van der Waals surface area contributed by atoms with Gasteiger partial charge >= 0.3 is 0 Å². The zero-order valence-corrected chi connectivity index (χ0v) is 11.0. The topological polar surface area (TPSA) is 72.2 Å². The molecule has 0 bridgehead atoms. The highest BCUT2D eigenvalue weighted by molar-refractivity contribution is 5.90. The van der Waals surface area contributed by atoms with Crippen LogP contribution in [0.2, 0.25) is 0 Å². The minimum atomic E-state index is -0.229. The number of amides is 1. The lowest BCUT2D eigenvalue weighted by Crippen LogP contribution is -2.32. The van der Waals surface area contributed by atoms with Gasteiger partial charge in [-0.15, -0.1) is 0 Å². The molecule has 0 atom stereocenters. The Bertz CT molecular complexity index is 602. The van der Waals surface area contributed by atoms with Crippen LogP contribution in [0.5, 0.6) is 0 Å². The van der Waals surface area contributed by atoms with Crippen molar-refractivity contribution >= 4 is 22.7 Å². The first kappa shape index (κ1) is 13.3. The van der Waals surface area contributed by atoms with Crippen LogP contribution in [0.3, 0.4) is 0 Å². The number of hydrogen-bond acceptors (Lipinski definition) is 4. The largest absolute Gasteiger partial charge is 0.356 e. The molecule has 1 N–H and O–H groups in total. The Morgan fingerprint density at radius 1 is 1.32 bits per heavy atom. The summed E-state index contributed by atoms with van der Waals surface area (Å²) in [6.45, 7) is 3.67. The van der Waals surface area contributed by atoms with Crippen LogP contribution in [0.25, 0.3) is 11.0 Å². The molecular formula is C14H16N2O3. The quantitative estimate of drug-likeness (QED) is 0.888. The first-order valence-electron chi connectivity index (χ1n) is 6.20. The van der Waals surface area contributed by atoms with E-state index >= 15 is 0 Å². The lowest BCUT2D eigenvalue weighted by atomic mass is 10.1. The fourth-order valence-electron chi connectivity index (χ4n) is 1.67. The molecule has 2 rings (SSSR count). The van der Waals surface area contributed by atoms with Crippen molar-refractivity contribution in [3.8, 4) is 0 Å². The van der Waals surface area contributed by atoms with E-state index in [1.54, 1.807) is 19.9 Å². The molecule has 1 heterocycles. The molecule has 0 spiro atoms. The third kappa shape index (κ3) is 3.19. The molecule has 0 fully saturated rings. The number of aromatic nitrogens is 1. The lowest BCUT2D eigenvalue weighted by molar-refractivity contribution is -0.126. The molecule has 1 amide bonds. The molecule has 0 unspecified atom stereocenters. The second-order valence-electron chi connectivity index (χ2n) is 4.70. The number of carbonyl (C=O) groups is 2. The molecule has 0 saturated heterocycles. The van der Waals surface area contributed by atoms with Gasteiger partial charge in [-0.3, -0.25) is 9.59 Å². The molecule has 2 aromatic rings. The van der Waals surface area contributed by atoms with Crippen LogP contribution in [0.4, 0.5) is 0 Å². The number of ketones is 1. The minimum absolute atomic E-state index is 0.0124. The van der Waals surface area contributed by atoms with E-state index in [4.69, 9.17) is 4.52 Å². The fraction of sp³-hybridized carbons (Fsp3) is 0.357. The highest BCUT2D eigenvalue weighted by Gasteiger charge is 2.13. The van der Waals surface area contributed by atoms with Gasteiger partial charge < -0.3 is 9.84 Å². The number of carbonyl (C=O) groups excluding carboxylic acids is 2. The van der Waals surface area contributed by atoms with E-state index in [2.05, 4.69) is 10.5 Å². The van der Waals surface area contributed by atoms with E-state index in [0.717, 1.165) is 5.39 Å². The zero-order chi connectivity index (χ0) is 13.8. The van der Waals surface area contributed by atoms with Gasteiger partial charge in [0.15, 0.2) is 11.4 Å². The van der Waals surface area contributed by atoms with Gasteiger partial charge in [0.1, 0.15) is 5.69 Å². The molecule has 0 aliphatic rings. The van der Waals surface area contributed by atoms with Crippen molar-refractivity contribution in [1.82, 2.24) is 10.5 Å². The highest BCUT2D eigenvalue weighted by atomic mass is 16.5. The van der Waals surface area contributed by atoms with Crippen LogP contribution in [0, 0.1) is 5.92 Å². The van der Waals surface area contributed by atoms with Gasteiger partial charge in [-0.05, 0) is 12.1 Å². The second kappa shape index (κ2) is 5.65. The third-order valence-corrected chi connectivity index (χ3v) is 2.88. The summed E-state index contributed by atoms with van der Waals surface area (Å²) in [4.78, 5) is 23.1. The number of rotatable bonds is 5. The van der Waals surface area contributed by atoms with Crippen molar-refractivity contribution < 1.29 is 14.1 Å². The van der Waals surface area contributed by atoms with Gasteiger partial charge in [-0.25, -0.2) is 0 Å². The maximum atomic E-state index is 11.7. The molecule has 5 heteroatoms. The molecule has 1 aromatic carbocycles. The van der Waals surface area contributed by atoms with Crippen molar-refractivity contribution in [2.75, 3.05) is 6.54 Å². The standard InChI is InChI=1S/C14H16N2O3/c1-9(2)12(17)8-15-14(18)7-11-10-5-3-4-6-13(10)19-16-11/h3-6,9H,7-8H2,1-2H3,(H,15,18). The molecule has 100 valence electrons. The number of para-hydroxylation sites is 1. The van der Waals surface area contributed by atoms with Gasteiger partial charge in [-0.2, -0.15) is 0 Å². The summed E-state index contributed by atoms with van der Waals surface area (Å²) in [5.74, 6) is -0.292. The molecule has 0 saturated carbocycles. The Hall–Kier alpha value is -2.17. The SMILES string of the molecule is CC(C)C(=O)CNC(=O)Cc1noc2ccccc12. The predicted octanol–water partition coefficient (Wildman–Crippen LogP) is 1.71. The molecule has 1 aromatic heterocycles. The Kier molecular flexibility index (Phi) is 3.94. The summed E-state index contributed by atoms with van der Waals surface area (Å²) in [5, 5.41) is 7.30. The number of nitrogens with one attached hydrogen (secondary N) is 1. The van der Waals surface area contributed by atoms with Crippen LogP contribution in [0.1, 0.15) is 19.5 Å². The van der Waals surface area contributed by atoms with Gasteiger partial charge in [0.05, 0.1) is 13.0 Å². The van der Waals surface area contributed by atoms with Gasteiger partial charge in [0, 0.05) is 11.3 Å². The maximum Gasteiger partial charge on any atom is 0.226 e.